The fraction of sp³-hybridized carbons (Fsp3) is 0.385. The maximum absolute atomic E-state index is 10.9. The normalized spacial score (nSPS) is 9.00. The Kier molecular flexibility index (Phi) is 8.01. The van der Waals surface area contributed by atoms with Crippen molar-refractivity contribution in [3.8, 4) is 5.75 Å². The van der Waals surface area contributed by atoms with Gasteiger partial charge in [0.15, 0.2) is 0 Å². The van der Waals surface area contributed by atoms with Crippen molar-refractivity contribution >= 4 is 17.6 Å². The number of esters is 1. The van der Waals surface area contributed by atoms with Crippen LogP contribution in [0.15, 0.2) is 24.3 Å². The zero-order chi connectivity index (χ0) is 14.0. The minimum Gasteiger partial charge on any atom is -0.481 e. The molecule has 0 spiro atoms. The van der Waals surface area contributed by atoms with Gasteiger partial charge in [0.25, 0.3) is 0 Å². The van der Waals surface area contributed by atoms with E-state index in [1.54, 1.807) is 12.1 Å². The fourth-order valence-corrected chi connectivity index (χ4v) is 0.827. The van der Waals surface area contributed by atoms with Gasteiger partial charge in [-0.1, -0.05) is 26.7 Å². The number of carboxylic acids is 1. The second-order valence-electron chi connectivity index (χ2n) is 3.61. The number of nitrogens with two attached hydrogens (primary N) is 1. The lowest BCUT2D eigenvalue weighted by molar-refractivity contribution is -0.145. The molecule has 0 atom stereocenters. The zero-order valence-corrected chi connectivity index (χ0v) is 10.7. The number of aliphatic carboxylic acids is 1. The van der Waals surface area contributed by atoms with E-state index >= 15 is 0 Å². The molecule has 1 aromatic rings. The summed E-state index contributed by atoms with van der Waals surface area (Å²) in [5.74, 6) is -1.74. The predicted octanol–water partition coefficient (Wildman–Crippen LogP) is 2.46. The molecule has 100 valence electrons. The van der Waals surface area contributed by atoms with Crippen LogP contribution in [-0.2, 0) is 9.59 Å². The SMILES string of the molecule is CCCC.Nc1ccc(OC(=O)CC(=O)O)cc1. The third kappa shape index (κ3) is 8.15. The maximum atomic E-state index is 10.9. The Hall–Kier alpha value is -2.04. The van der Waals surface area contributed by atoms with E-state index in [1.165, 1.54) is 25.0 Å². The summed E-state index contributed by atoms with van der Waals surface area (Å²) in [5, 5.41) is 8.29. The van der Waals surface area contributed by atoms with E-state index in [-0.39, 0.29) is 5.75 Å². The second kappa shape index (κ2) is 9.04. The van der Waals surface area contributed by atoms with E-state index in [9.17, 15) is 9.59 Å². The lowest BCUT2D eigenvalue weighted by atomic mass is 10.3. The van der Waals surface area contributed by atoms with Gasteiger partial charge in [0, 0.05) is 5.69 Å². The summed E-state index contributed by atoms with van der Waals surface area (Å²) in [7, 11) is 0. The van der Waals surface area contributed by atoms with E-state index in [1.807, 2.05) is 0 Å². The molecule has 0 fully saturated rings. The first kappa shape index (κ1) is 16.0. The smallest absolute Gasteiger partial charge is 0.322 e. The van der Waals surface area contributed by atoms with E-state index in [4.69, 9.17) is 15.6 Å². The van der Waals surface area contributed by atoms with Crippen molar-refractivity contribution in [1.82, 2.24) is 0 Å². The summed E-state index contributed by atoms with van der Waals surface area (Å²) >= 11 is 0. The van der Waals surface area contributed by atoms with Crippen molar-refractivity contribution in [3.63, 3.8) is 0 Å². The minimum absolute atomic E-state index is 0.283. The van der Waals surface area contributed by atoms with Gasteiger partial charge < -0.3 is 15.6 Å². The van der Waals surface area contributed by atoms with Crippen LogP contribution in [0.1, 0.15) is 33.1 Å². The molecule has 0 aliphatic rings. The van der Waals surface area contributed by atoms with Crippen molar-refractivity contribution in [2.24, 2.45) is 0 Å². The van der Waals surface area contributed by atoms with Crippen LogP contribution in [0.25, 0.3) is 0 Å². The molecule has 0 radical (unpaired) electrons. The van der Waals surface area contributed by atoms with Crippen molar-refractivity contribution in [2.75, 3.05) is 5.73 Å². The minimum atomic E-state index is -1.22. The number of hydrogen-bond acceptors (Lipinski definition) is 4. The number of hydrogen-bond donors (Lipinski definition) is 2. The lowest BCUT2D eigenvalue weighted by Gasteiger charge is -2.01. The molecule has 0 heterocycles. The van der Waals surface area contributed by atoms with Gasteiger partial charge in [-0.3, -0.25) is 9.59 Å². The first-order valence-corrected chi connectivity index (χ1v) is 5.77. The fourth-order valence-electron chi connectivity index (χ4n) is 0.827. The molecular formula is C13H19NO4. The van der Waals surface area contributed by atoms with Crippen LogP contribution in [0, 0.1) is 0 Å². The van der Waals surface area contributed by atoms with Crippen molar-refractivity contribution in [3.05, 3.63) is 24.3 Å². The average Bonchev–Trinajstić information content (AvgIpc) is 2.31. The highest BCUT2D eigenvalue weighted by Crippen LogP contribution is 2.13. The van der Waals surface area contributed by atoms with Crippen LogP contribution in [0.5, 0.6) is 5.75 Å². The first-order valence-electron chi connectivity index (χ1n) is 5.77. The summed E-state index contributed by atoms with van der Waals surface area (Å²) in [4.78, 5) is 21.0. The van der Waals surface area contributed by atoms with Gasteiger partial charge in [-0.2, -0.15) is 0 Å². The number of unbranched alkanes of at least 4 members (excludes halogenated alkanes) is 1. The zero-order valence-electron chi connectivity index (χ0n) is 10.7. The number of carbonyl (C=O) groups excluding carboxylic acids is 1. The predicted molar refractivity (Wildman–Crippen MR) is 69.3 cm³/mol. The van der Waals surface area contributed by atoms with Crippen molar-refractivity contribution < 1.29 is 19.4 Å². The molecule has 3 N–H and O–H groups in total. The Morgan fingerprint density at radius 3 is 2.06 bits per heavy atom. The molecule has 0 aliphatic heterocycles. The lowest BCUT2D eigenvalue weighted by Crippen LogP contribution is -2.13. The maximum Gasteiger partial charge on any atom is 0.322 e. The molecule has 18 heavy (non-hydrogen) atoms. The number of benzene rings is 1. The molecule has 0 aliphatic carbocycles. The van der Waals surface area contributed by atoms with E-state index in [0.717, 1.165) is 0 Å². The average molecular weight is 253 g/mol. The Morgan fingerprint density at radius 2 is 1.67 bits per heavy atom. The summed E-state index contributed by atoms with van der Waals surface area (Å²) in [5.41, 5.74) is 5.95. The first-order chi connectivity index (χ1) is 8.49. The van der Waals surface area contributed by atoms with Gasteiger partial charge in [-0.25, -0.2) is 0 Å². The van der Waals surface area contributed by atoms with Gasteiger partial charge in [-0.15, -0.1) is 0 Å². The Bertz CT molecular complexity index is 371. The molecule has 0 aromatic heterocycles. The largest absolute Gasteiger partial charge is 0.481 e. The third-order valence-corrected chi connectivity index (χ3v) is 1.91. The molecule has 1 aromatic carbocycles. The summed E-state index contributed by atoms with van der Waals surface area (Å²) in [6.45, 7) is 4.36. The summed E-state index contributed by atoms with van der Waals surface area (Å²) < 4.78 is 4.70. The van der Waals surface area contributed by atoms with Crippen LogP contribution < -0.4 is 10.5 Å². The molecule has 0 bridgehead atoms. The van der Waals surface area contributed by atoms with Crippen LogP contribution in [0.3, 0.4) is 0 Å². The number of rotatable bonds is 4. The van der Waals surface area contributed by atoms with E-state index in [0.29, 0.717) is 5.69 Å². The van der Waals surface area contributed by atoms with Crippen molar-refractivity contribution in [2.45, 2.75) is 33.1 Å². The topological polar surface area (TPSA) is 89.6 Å². The van der Waals surface area contributed by atoms with Crippen LogP contribution in [-0.4, -0.2) is 17.0 Å². The second-order valence-corrected chi connectivity index (χ2v) is 3.61. The highest BCUT2D eigenvalue weighted by atomic mass is 16.5. The highest BCUT2D eigenvalue weighted by molar-refractivity contribution is 5.91. The van der Waals surface area contributed by atoms with Gasteiger partial charge in [0.05, 0.1) is 0 Å². The molecule has 5 nitrogen and oxygen atoms in total. The highest BCUT2D eigenvalue weighted by Gasteiger charge is 2.09. The standard InChI is InChI=1S/C9H9NO4.C4H10/c10-6-1-3-7(4-2-6)14-9(13)5-8(11)12;1-3-4-2/h1-4H,5,10H2,(H,11,12);3-4H2,1-2H3. The number of ether oxygens (including phenoxy) is 1. The molecule has 0 saturated heterocycles. The number of anilines is 1. The van der Waals surface area contributed by atoms with E-state index < -0.39 is 18.4 Å². The van der Waals surface area contributed by atoms with Gasteiger partial charge in [-0.05, 0) is 24.3 Å². The summed E-state index contributed by atoms with van der Waals surface area (Å²) in [6, 6.07) is 6.11. The quantitative estimate of drug-likeness (QED) is 0.372. The number of carbonyl (C=O) groups is 2. The molecular weight excluding hydrogens is 234 g/mol. The van der Waals surface area contributed by atoms with Gasteiger partial charge in [0.2, 0.25) is 0 Å². The van der Waals surface area contributed by atoms with Gasteiger partial charge >= 0.3 is 11.9 Å². The monoisotopic (exact) mass is 253 g/mol. The Labute approximate surface area is 107 Å². The molecule has 1 rings (SSSR count). The Balaban J connectivity index is 0.000000631. The third-order valence-electron chi connectivity index (χ3n) is 1.91. The number of nitrogen functional groups attached to an aromatic ring is 1. The molecule has 0 saturated carbocycles. The van der Waals surface area contributed by atoms with Gasteiger partial charge in [0.1, 0.15) is 12.2 Å². The van der Waals surface area contributed by atoms with Crippen molar-refractivity contribution in [1.29, 1.82) is 0 Å². The van der Waals surface area contributed by atoms with Crippen LogP contribution >= 0.6 is 0 Å². The Morgan fingerprint density at radius 1 is 1.17 bits per heavy atom. The van der Waals surface area contributed by atoms with E-state index in [2.05, 4.69) is 13.8 Å². The molecule has 0 unspecified atom stereocenters. The van der Waals surface area contributed by atoms with Crippen LogP contribution in [0.2, 0.25) is 0 Å². The van der Waals surface area contributed by atoms with Crippen LogP contribution in [0.4, 0.5) is 5.69 Å². The summed E-state index contributed by atoms with van der Waals surface area (Å²) in [6.07, 6.45) is 1.99. The molecule has 0 amide bonds. The molecule has 5 heteroatoms. The number of carboxylic acid groups (broad SMARTS) is 1.